The topological polar surface area (TPSA) is 75.5 Å². The molecule has 2 aliphatic rings. The van der Waals surface area contributed by atoms with Crippen LogP contribution in [0.1, 0.15) is 67.0 Å². The number of ether oxygens (including phenoxy) is 1. The fourth-order valence-electron chi connectivity index (χ4n) is 5.02. The van der Waals surface area contributed by atoms with Crippen LogP contribution in [0, 0.1) is 5.92 Å². The molecule has 4 heterocycles. The van der Waals surface area contributed by atoms with Crippen molar-refractivity contribution in [3.05, 3.63) is 33.5 Å². The van der Waals surface area contributed by atoms with Gasteiger partial charge in [0.25, 0.3) is 0 Å². The lowest BCUT2D eigenvalue weighted by atomic mass is 10.0. The molecule has 0 bridgehead atoms. The number of piperidine rings is 1. The van der Waals surface area contributed by atoms with Crippen molar-refractivity contribution in [2.75, 3.05) is 39.9 Å². The van der Waals surface area contributed by atoms with Gasteiger partial charge in [0, 0.05) is 56.0 Å². The van der Waals surface area contributed by atoms with E-state index >= 15 is 0 Å². The molecule has 1 unspecified atom stereocenters. The number of carbonyl (C=O) groups excluding carboxylic acids is 1. The van der Waals surface area contributed by atoms with Crippen LogP contribution in [-0.4, -0.2) is 70.4 Å². The van der Waals surface area contributed by atoms with Gasteiger partial charge < -0.3 is 14.6 Å². The van der Waals surface area contributed by atoms with Gasteiger partial charge in [-0.2, -0.15) is 0 Å². The molecule has 9 heteroatoms. The number of thiophene rings is 1. The van der Waals surface area contributed by atoms with E-state index in [-0.39, 0.29) is 18.6 Å². The van der Waals surface area contributed by atoms with Gasteiger partial charge in [-0.15, -0.1) is 21.5 Å². The van der Waals surface area contributed by atoms with Crippen molar-refractivity contribution in [3.8, 4) is 0 Å². The Morgan fingerprint density at radius 3 is 2.41 bits per heavy atom. The SMILES string of the molecule is COCC(=O)NC(CC(C)C)c1nnc2n1CCN(Cc1ccc(CN3CCCCC3)s1)CC2. The Morgan fingerprint density at radius 1 is 1.03 bits per heavy atom. The Hall–Kier alpha value is -1.81. The van der Waals surface area contributed by atoms with Crippen LogP contribution in [0.4, 0.5) is 0 Å². The number of likely N-dealkylation sites (tertiary alicyclic amines) is 1. The van der Waals surface area contributed by atoms with Crippen molar-refractivity contribution < 1.29 is 9.53 Å². The third-order valence-electron chi connectivity index (χ3n) is 6.70. The molecule has 2 aromatic rings. The average Bonchev–Trinajstić information content (AvgIpc) is 3.37. The fraction of sp³-hybridized carbons (Fsp3) is 0.720. The van der Waals surface area contributed by atoms with Crippen LogP contribution < -0.4 is 5.32 Å². The molecule has 2 aliphatic heterocycles. The highest BCUT2D eigenvalue weighted by molar-refractivity contribution is 7.11. The van der Waals surface area contributed by atoms with E-state index in [1.807, 2.05) is 11.3 Å². The van der Waals surface area contributed by atoms with Crippen LogP contribution >= 0.6 is 11.3 Å². The van der Waals surface area contributed by atoms with Gasteiger partial charge in [-0.1, -0.05) is 20.3 Å². The van der Waals surface area contributed by atoms with Gasteiger partial charge in [-0.05, 0) is 50.4 Å². The molecule has 188 valence electrons. The van der Waals surface area contributed by atoms with Crippen molar-refractivity contribution in [1.82, 2.24) is 29.9 Å². The Labute approximate surface area is 207 Å². The summed E-state index contributed by atoms with van der Waals surface area (Å²) in [4.78, 5) is 20.3. The second-order valence-electron chi connectivity index (χ2n) is 10.0. The molecule has 0 aromatic carbocycles. The molecule has 1 fully saturated rings. The molecule has 2 aromatic heterocycles. The Balaban J connectivity index is 1.36. The fourth-order valence-corrected chi connectivity index (χ4v) is 6.13. The van der Waals surface area contributed by atoms with E-state index in [0.717, 1.165) is 57.2 Å². The number of aromatic nitrogens is 3. The Bertz CT molecular complexity index is 920. The summed E-state index contributed by atoms with van der Waals surface area (Å²) in [5.41, 5.74) is 0. The third-order valence-corrected chi connectivity index (χ3v) is 7.76. The number of methoxy groups -OCH3 is 1. The highest BCUT2D eigenvalue weighted by Crippen LogP contribution is 2.25. The second kappa shape index (κ2) is 12.2. The third kappa shape index (κ3) is 6.87. The largest absolute Gasteiger partial charge is 0.375 e. The van der Waals surface area contributed by atoms with E-state index in [0.29, 0.717) is 5.92 Å². The minimum atomic E-state index is -0.148. The Morgan fingerprint density at radius 2 is 1.74 bits per heavy atom. The van der Waals surface area contributed by atoms with E-state index < -0.39 is 0 Å². The van der Waals surface area contributed by atoms with Crippen LogP contribution in [-0.2, 0) is 35.6 Å². The number of rotatable bonds is 10. The predicted octanol–water partition coefficient (Wildman–Crippen LogP) is 3.23. The van der Waals surface area contributed by atoms with Crippen LogP contribution in [0.15, 0.2) is 12.1 Å². The molecule has 0 aliphatic carbocycles. The molecule has 1 N–H and O–H groups in total. The van der Waals surface area contributed by atoms with E-state index in [2.05, 4.69) is 55.9 Å². The van der Waals surface area contributed by atoms with Crippen LogP contribution in [0.25, 0.3) is 0 Å². The molecule has 0 radical (unpaired) electrons. The summed E-state index contributed by atoms with van der Waals surface area (Å²) in [5.74, 6) is 2.21. The van der Waals surface area contributed by atoms with Gasteiger partial charge in [0.05, 0.1) is 6.04 Å². The average molecular weight is 489 g/mol. The molecule has 0 saturated carbocycles. The number of carbonyl (C=O) groups is 1. The maximum atomic E-state index is 12.2. The number of amides is 1. The maximum absolute atomic E-state index is 12.2. The van der Waals surface area contributed by atoms with Crippen molar-refractivity contribution in [2.24, 2.45) is 5.92 Å². The molecular weight excluding hydrogens is 448 g/mol. The van der Waals surface area contributed by atoms with Gasteiger partial charge in [-0.3, -0.25) is 14.6 Å². The highest BCUT2D eigenvalue weighted by Gasteiger charge is 2.26. The van der Waals surface area contributed by atoms with E-state index in [4.69, 9.17) is 4.74 Å². The Kier molecular flexibility index (Phi) is 9.10. The first-order valence-corrected chi connectivity index (χ1v) is 13.6. The van der Waals surface area contributed by atoms with Crippen LogP contribution in [0.2, 0.25) is 0 Å². The lowest BCUT2D eigenvalue weighted by Crippen LogP contribution is -2.34. The summed E-state index contributed by atoms with van der Waals surface area (Å²) in [6, 6.07) is 4.48. The molecule has 1 saturated heterocycles. The van der Waals surface area contributed by atoms with E-state index in [9.17, 15) is 4.79 Å². The monoisotopic (exact) mass is 488 g/mol. The summed E-state index contributed by atoms with van der Waals surface area (Å²) in [6.45, 7) is 11.7. The van der Waals surface area contributed by atoms with Crippen molar-refractivity contribution in [1.29, 1.82) is 0 Å². The smallest absolute Gasteiger partial charge is 0.246 e. The van der Waals surface area contributed by atoms with E-state index in [1.54, 1.807) is 7.11 Å². The number of fused-ring (bicyclic) bond motifs is 1. The minimum Gasteiger partial charge on any atom is -0.375 e. The van der Waals surface area contributed by atoms with Crippen LogP contribution in [0.5, 0.6) is 0 Å². The molecule has 1 amide bonds. The van der Waals surface area contributed by atoms with Crippen LogP contribution in [0.3, 0.4) is 0 Å². The lowest BCUT2D eigenvalue weighted by Gasteiger charge is -2.25. The summed E-state index contributed by atoms with van der Waals surface area (Å²) in [7, 11) is 1.54. The molecule has 8 nitrogen and oxygen atoms in total. The number of hydrogen-bond acceptors (Lipinski definition) is 7. The molecule has 34 heavy (non-hydrogen) atoms. The number of nitrogens with one attached hydrogen (secondary N) is 1. The molecule has 4 rings (SSSR count). The number of hydrogen-bond donors (Lipinski definition) is 1. The predicted molar refractivity (Wildman–Crippen MR) is 135 cm³/mol. The summed E-state index contributed by atoms with van der Waals surface area (Å²) in [6.07, 6.45) is 5.76. The van der Waals surface area contributed by atoms with Gasteiger partial charge in [-0.25, -0.2) is 0 Å². The second-order valence-corrected chi connectivity index (χ2v) is 11.3. The number of nitrogens with zero attached hydrogens (tertiary/aromatic N) is 5. The van der Waals surface area contributed by atoms with Crippen molar-refractivity contribution in [3.63, 3.8) is 0 Å². The summed E-state index contributed by atoms with van der Waals surface area (Å²) in [5, 5.41) is 12.1. The van der Waals surface area contributed by atoms with Gasteiger partial charge >= 0.3 is 0 Å². The first-order valence-electron chi connectivity index (χ1n) is 12.7. The molecular formula is C25H40N6O2S. The van der Waals surface area contributed by atoms with Gasteiger partial charge in [0.1, 0.15) is 12.4 Å². The van der Waals surface area contributed by atoms with Gasteiger partial charge in [0.15, 0.2) is 5.82 Å². The zero-order valence-electron chi connectivity index (χ0n) is 21.0. The van der Waals surface area contributed by atoms with Gasteiger partial charge in [0.2, 0.25) is 5.91 Å². The minimum absolute atomic E-state index is 0.0595. The first-order chi connectivity index (χ1) is 16.5. The standard InChI is InChI=1S/C25H40N6O2S/c1-19(2)15-22(26-24(32)18-33-3)25-28-27-23-9-12-30(13-14-31(23)25)17-21-8-7-20(34-21)16-29-10-5-4-6-11-29/h7-8,19,22H,4-6,9-18H2,1-3H3,(H,26,32). The zero-order valence-corrected chi connectivity index (χ0v) is 21.8. The summed E-state index contributed by atoms with van der Waals surface area (Å²) >= 11 is 1.96. The maximum Gasteiger partial charge on any atom is 0.246 e. The summed E-state index contributed by atoms with van der Waals surface area (Å²) < 4.78 is 7.24. The van der Waals surface area contributed by atoms with E-state index in [1.165, 1.54) is 42.1 Å². The molecule has 0 spiro atoms. The lowest BCUT2D eigenvalue weighted by molar-refractivity contribution is -0.125. The quantitative estimate of drug-likeness (QED) is 0.553. The highest BCUT2D eigenvalue weighted by atomic mass is 32.1. The zero-order chi connectivity index (χ0) is 23.9. The molecule has 1 atom stereocenters. The van der Waals surface area contributed by atoms with Crippen molar-refractivity contribution in [2.45, 2.75) is 71.6 Å². The van der Waals surface area contributed by atoms with Crippen molar-refractivity contribution >= 4 is 17.2 Å². The first kappa shape index (κ1) is 25.3. The normalized spacial score (nSPS) is 18.6.